The second-order valence-corrected chi connectivity index (χ2v) is 12.0. The van der Waals surface area contributed by atoms with Crippen molar-refractivity contribution < 1.29 is 40.6 Å². The van der Waals surface area contributed by atoms with Crippen molar-refractivity contribution in [2.75, 3.05) is 13.2 Å². The Morgan fingerprint density at radius 2 is 1.66 bits per heavy atom. The minimum atomic E-state index is -5.21. The Morgan fingerprint density at radius 1 is 0.951 bits per heavy atom. The van der Waals surface area contributed by atoms with Gasteiger partial charge in [-0.05, 0) is 86.1 Å². The Hall–Kier alpha value is -2.72. The van der Waals surface area contributed by atoms with E-state index in [-0.39, 0.29) is 30.2 Å². The van der Waals surface area contributed by atoms with Crippen LogP contribution in [0.4, 0.5) is 26.3 Å². The molecule has 0 radical (unpaired) electrons. The van der Waals surface area contributed by atoms with Crippen molar-refractivity contribution in [2.24, 2.45) is 11.8 Å². The Labute approximate surface area is 239 Å². The number of ether oxygens (including phenoxy) is 3. The summed E-state index contributed by atoms with van der Waals surface area (Å²) in [5.74, 6) is -3.77. The third-order valence-electron chi connectivity index (χ3n) is 8.21. The maximum atomic E-state index is 15.5. The summed E-state index contributed by atoms with van der Waals surface area (Å²) < 4.78 is 95.9. The van der Waals surface area contributed by atoms with Gasteiger partial charge in [0, 0.05) is 17.0 Å². The van der Waals surface area contributed by atoms with Crippen molar-refractivity contribution in [3.63, 3.8) is 0 Å². The number of thiophene rings is 1. The molecule has 2 heterocycles. The summed E-state index contributed by atoms with van der Waals surface area (Å²) >= 11 is 1.54. The van der Waals surface area contributed by atoms with E-state index in [0.717, 1.165) is 60.6 Å². The first-order chi connectivity index (χ1) is 19.6. The maximum Gasteiger partial charge on any atom is 0.573 e. The van der Waals surface area contributed by atoms with Crippen LogP contribution in [0.25, 0.3) is 10.1 Å². The largest absolute Gasteiger partial charge is 0.573 e. The van der Waals surface area contributed by atoms with Crippen molar-refractivity contribution in [3.8, 4) is 11.5 Å². The quantitative estimate of drug-likeness (QED) is 0.181. The summed E-state index contributed by atoms with van der Waals surface area (Å²) in [4.78, 5) is 1.17. The van der Waals surface area contributed by atoms with Crippen LogP contribution < -0.4 is 9.47 Å². The first kappa shape index (κ1) is 29.8. The minimum absolute atomic E-state index is 0.0254. The lowest BCUT2D eigenvalue weighted by molar-refractivity contribution is -0.276. The van der Waals surface area contributed by atoms with Crippen LogP contribution in [0.1, 0.15) is 61.3 Å². The molecule has 0 N–H and O–H groups in total. The van der Waals surface area contributed by atoms with Crippen molar-refractivity contribution in [1.29, 1.82) is 0 Å². The van der Waals surface area contributed by atoms with Crippen LogP contribution in [0.5, 0.6) is 11.5 Å². The zero-order valence-electron chi connectivity index (χ0n) is 22.5. The smallest absolute Gasteiger partial charge is 0.491 e. The van der Waals surface area contributed by atoms with Crippen LogP contribution in [0.3, 0.4) is 0 Å². The van der Waals surface area contributed by atoms with Crippen LogP contribution in [0.15, 0.2) is 43.0 Å². The highest BCUT2D eigenvalue weighted by molar-refractivity contribution is 7.19. The number of allylic oxidation sites excluding steroid dienone is 1. The van der Waals surface area contributed by atoms with Crippen molar-refractivity contribution in [1.82, 2.24) is 0 Å². The fraction of sp³-hybridized carbons (Fsp3) is 0.484. The number of hydrogen-bond donors (Lipinski definition) is 0. The Bertz CT molecular complexity index is 1330. The number of hydrogen-bond acceptors (Lipinski definition) is 4. The number of fused-ring (bicyclic) bond motifs is 1. The molecular weight excluding hydrogens is 566 g/mol. The molecule has 1 aliphatic carbocycles. The normalized spacial score (nSPS) is 23.5. The molecule has 41 heavy (non-hydrogen) atoms. The van der Waals surface area contributed by atoms with Gasteiger partial charge in [0.2, 0.25) is 5.75 Å². The molecule has 0 bridgehead atoms. The van der Waals surface area contributed by atoms with E-state index in [1.807, 2.05) is 18.2 Å². The molecule has 2 unspecified atom stereocenters. The van der Waals surface area contributed by atoms with Gasteiger partial charge in [-0.3, -0.25) is 0 Å². The molecule has 1 aliphatic heterocycles. The van der Waals surface area contributed by atoms with Crippen molar-refractivity contribution in [2.45, 2.75) is 69.8 Å². The van der Waals surface area contributed by atoms with E-state index in [2.05, 4.69) is 17.4 Å². The number of aryl methyl sites for hydroxylation is 1. The summed E-state index contributed by atoms with van der Waals surface area (Å²) in [7, 11) is 0. The SMILES string of the molecule is C=CCCc1cc2ccc(C3CCC(C4CCC(COc5cc(F)c(OC(F)(F)F)c(F)c5)OC4)CC3)c(F)c2s1. The number of alkyl halides is 3. The molecule has 3 aromatic rings. The standard InChI is InChI=1S/C31H32F6O3S/c1-2-3-4-24-13-20-10-12-25(28(34)30(20)41-24)19-7-5-18(6-8-19)21-9-11-22(38-16-21)17-39-23-14-26(32)29(27(33)15-23)40-31(35,36)37/h2,10,12-15,18-19,21-22H,1,3-9,11,16-17H2. The van der Waals surface area contributed by atoms with Gasteiger partial charge in [-0.2, -0.15) is 0 Å². The van der Waals surface area contributed by atoms with E-state index in [4.69, 9.17) is 9.47 Å². The lowest BCUT2D eigenvalue weighted by Crippen LogP contribution is -2.35. The molecular formula is C31H32F6O3S. The molecule has 1 aromatic heterocycles. The van der Waals surface area contributed by atoms with Crippen LogP contribution in [0.2, 0.25) is 0 Å². The Balaban J connectivity index is 1.09. The summed E-state index contributed by atoms with van der Waals surface area (Å²) in [6.07, 6.45) is 3.59. The predicted octanol–water partition coefficient (Wildman–Crippen LogP) is 9.48. The van der Waals surface area contributed by atoms with E-state index < -0.39 is 23.7 Å². The highest BCUT2D eigenvalue weighted by atomic mass is 32.1. The van der Waals surface area contributed by atoms with Crippen molar-refractivity contribution >= 4 is 21.4 Å². The monoisotopic (exact) mass is 598 g/mol. The van der Waals surface area contributed by atoms with Gasteiger partial charge < -0.3 is 14.2 Å². The summed E-state index contributed by atoms with van der Waals surface area (Å²) in [5, 5.41) is 0.963. The molecule has 3 nitrogen and oxygen atoms in total. The fourth-order valence-electron chi connectivity index (χ4n) is 6.07. The molecule has 2 atom stereocenters. The summed E-state index contributed by atoms with van der Waals surface area (Å²) in [6.45, 7) is 4.33. The van der Waals surface area contributed by atoms with Crippen molar-refractivity contribution in [3.05, 3.63) is 70.9 Å². The first-order valence-corrected chi connectivity index (χ1v) is 14.7. The Kier molecular flexibility index (Phi) is 9.18. The molecule has 10 heteroatoms. The maximum absolute atomic E-state index is 15.5. The minimum Gasteiger partial charge on any atom is -0.491 e. The van der Waals surface area contributed by atoms with Crippen LogP contribution in [-0.2, 0) is 11.2 Å². The number of halogens is 6. The van der Waals surface area contributed by atoms with E-state index in [9.17, 15) is 22.0 Å². The van der Waals surface area contributed by atoms with Gasteiger partial charge in [0.05, 0.1) is 17.4 Å². The number of rotatable bonds is 9. The van der Waals surface area contributed by atoms with E-state index in [1.54, 1.807) is 0 Å². The molecule has 0 amide bonds. The van der Waals surface area contributed by atoms with Gasteiger partial charge in [-0.1, -0.05) is 18.2 Å². The highest BCUT2D eigenvalue weighted by Crippen LogP contribution is 2.43. The number of benzene rings is 2. The molecule has 2 aliphatic rings. The molecule has 2 fully saturated rings. The highest BCUT2D eigenvalue weighted by Gasteiger charge is 2.35. The van der Waals surface area contributed by atoms with Gasteiger partial charge in [-0.15, -0.1) is 31.1 Å². The first-order valence-electron chi connectivity index (χ1n) is 13.9. The summed E-state index contributed by atoms with van der Waals surface area (Å²) in [5.41, 5.74) is 0.816. The molecule has 222 valence electrons. The van der Waals surface area contributed by atoms with Crippen LogP contribution in [0, 0.1) is 29.3 Å². The topological polar surface area (TPSA) is 27.7 Å². The van der Waals surface area contributed by atoms with Gasteiger partial charge in [0.25, 0.3) is 0 Å². The summed E-state index contributed by atoms with van der Waals surface area (Å²) in [6, 6.07) is 7.40. The van der Waals surface area contributed by atoms with Gasteiger partial charge >= 0.3 is 6.36 Å². The molecule has 5 rings (SSSR count). The lowest BCUT2D eigenvalue weighted by atomic mass is 9.72. The van der Waals surface area contributed by atoms with Crippen LogP contribution >= 0.6 is 11.3 Å². The van der Waals surface area contributed by atoms with Gasteiger partial charge in [-0.25, -0.2) is 13.2 Å². The van der Waals surface area contributed by atoms with Gasteiger partial charge in [0.15, 0.2) is 11.6 Å². The van der Waals surface area contributed by atoms with E-state index in [0.29, 0.717) is 37.0 Å². The third-order valence-corrected chi connectivity index (χ3v) is 9.41. The molecule has 1 saturated carbocycles. The van der Waals surface area contributed by atoms with Crippen LogP contribution in [-0.4, -0.2) is 25.7 Å². The van der Waals surface area contributed by atoms with Gasteiger partial charge in [0.1, 0.15) is 18.2 Å². The van der Waals surface area contributed by atoms with E-state index in [1.165, 1.54) is 16.2 Å². The lowest BCUT2D eigenvalue weighted by Gasteiger charge is -2.38. The fourth-order valence-corrected chi connectivity index (χ4v) is 7.19. The second kappa shape index (κ2) is 12.7. The molecule has 0 spiro atoms. The zero-order chi connectivity index (χ0) is 29.1. The van der Waals surface area contributed by atoms with E-state index >= 15 is 4.39 Å². The average molecular weight is 599 g/mol. The molecule has 2 aromatic carbocycles. The second-order valence-electron chi connectivity index (χ2n) is 10.9. The zero-order valence-corrected chi connectivity index (χ0v) is 23.3. The predicted molar refractivity (Wildman–Crippen MR) is 146 cm³/mol. The third kappa shape index (κ3) is 7.20. The molecule has 1 saturated heterocycles. The Morgan fingerprint density at radius 3 is 2.29 bits per heavy atom. The average Bonchev–Trinajstić information content (AvgIpc) is 3.37.